The van der Waals surface area contributed by atoms with Crippen LogP contribution in [0.15, 0.2) is 53.1 Å². The van der Waals surface area contributed by atoms with Crippen LogP contribution >= 0.6 is 0 Å². The topological polar surface area (TPSA) is 70.8 Å². The van der Waals surface area contributed by atoms with Crippen LogP contribution in [0.2, 0.25) is 0 Å². The summed E-state index contributed by atoms with van der Waals surface area (Å²) >= 11 is 0. The van der Waals surface area contributed by atoms with Crippen LogP contribution in [0.1, 0.15) is 29.4 Å². The van der Waals surface area contributed by atoms with Gasteiger partial charge in [-0.2, -0.15) is 0 Å². The Kier molecular flexibility index (Phi) is 6.26. The number of hydrogen-bond acceptors (Lipinski definition) is 6. The molecular formula is C21H20FNO5. The third-order valence-electron chi connectivity index (χ3n) is 4.14. The maximum absolute atomic E-state index is 12.5. The van der Waals surface area contributed by atoms with E-state index in [4.69, 9.17) is 13.9 Å². The molecule has 0 aliphatic rings. The van der Waals surface area contributed by atoms with E-state index in [1.807, 2.05) is 13.0 Å². The van der Waals surface area contributed by atoms with Crippen molar-refractivity contribution < 1.29 is 28.2 Å². The molecule has 0 radical (unpaired) electrons. The molecule has 0 spiro atoms. The first-order valence-corrected chi connectivity index (χ1v) is 8.82. The third kappa shape index (κ3) is 4.31. The van der Waals surface area contributed by atoms with Crippen LogP contribution in [0.3, 0.4) is 0 Å². The lowest BCUT2D eigenvalue weighted by Gasteiger charge is -2.09. The van der Waals surface area contributed by atoms with Crippen molar-refractivity contribution in [2.45, 2.75) is 19.8 Å². The number of carbonyl (C=O) groups is 1. The van der Waals surface area contributed by atoms with Crippen molar-refractivity contribution in [3.63, 3.8) is 0 Å². The second-order valence-electron chi connectivity index (χ2n) is 5.94. The summed E-state index contributed by atoms with van der Waals surface area (Å²) in [7, 11) is 1.57. The average molecular weight is 385 g/mol. The average Bonchev–Trinajstić information content (AvgIpc) is 3.21. The van der Waals surface area contributed by atoms with E-state index in [9.17, 15) is 9.32 Å². The van der Waals surface area contributed by atoms with Crippen molar-refractivity contribution in [2.75, 3.05) is 13.7 Å². The van der Waals surface area contributed by atoms with Gasteiger partial charge in [-0.3, -0.25) is 9.74 Å². The minimum absolute atomic E-state index is 0.0879. The summed E-state index contributed by atoms with van der Waals surface area (Å²) in [6, 6.07) is 11.6. The van der Waals surface area contributed by atoms with Crippen LogP contribution < -0.4 is 14.4 Å². The van der Waals surface area contributed by atoms with Crippen LogP contribution in [0.5, 0.6) is 17.2 Å². The highest BCUT2D eigenvalue weighted by molar-refractivity contribution is 5.98. The zero-order valence-electron chi connectivity index (χ0n) is 15.6. The van der Waals surface area contributed by atoms with Gasteiger partial charge in [0.1, 0.15) is 6.26 Å². The van der Waals surface area contributed by atoms with Crippen molar-refractivity contribution in [3.05, 3.63) is 60.0 Å². The molecule has 0 bridgehead atoms. The first-order chi connectivity index (χ1) is 13.7. The fourth-order valence-electron chi connectivity index (χ4n) is 2.77. The van der Waals surface area contributed by atoms with Gasteiger partial charge in [-0.1, -0.05) is 12.1 Å². The molecular weight excluding hydrogens is 365 g/mol. The van der Waals surface area contributed by atoms with Gasteiger partial charge >= 0.3 is 0 Å². The molecule has 0 N–H and O–H groups in total. The van der Waals surface area contributed by atoms with Gasteiger partial charge < -0.3 is 13.9 Å². The number of oxazole rings is 1. The molecule has 0 saturated heterocycles. The summed E-state index contributed by atoms with van der Waals surface area (Å²) in [5.74, 6) is 1.31. The monoisotopic (exact) mass is 385 g/mol. The summed E-state index contributed by atoms with van der Waals surface area (Å²) in [5.41, 5.74) is 1.55. The number of hydrogen-bond donors (Lipinski definition) is 0. The molecule has 0 aliphatic heterocycles. The lowest BCUT2D eigenvalue weighted by molar-refractivity contribution is -0.00709. The van der Waals surface area contributed by atoms with E-state index >= 15 is 0 Å². The number of methoxy groups -OCH3 is 1. The molecule has 28 heavy (non-hydrogen) atoms. The molecule has 3 aromatic rings. The first kappa shape index (κ1) is 19.4. The number of nitrogens with zero attached hydrogens (tertiary/aromatic N) is 1. The van der Waals surface area contributed by atoms with Crippen LogP contribution in [-0.4, -0.2) is 24.5 Å². The van der Waals surface area contributed by atoms with Crippen molar-refractivity contribution in [1.29, 1.82) is 0 Å². The fourth-order valence-corrected chi connectivity index (χ4v) is 2.77. The number of aromatic nitrogens is 1. The van der Waals surface area contributed by atoms with Crippen LogP contribution in [0.4, 0.5) is 4.53 Å². The zero-order chi connectivity index (χ0) is 19.9. The van der Waals surface area contributed by atoms with Crippen molar-refractivity contribution in [2.24, 2.45) is 0 Å². The summed E-state index contributed by atoms with van der Waals surface area (Å²) in [5, 5.41) is 0. The molecule has 3 rings (SSSR count). The molecule has 7 heteroatoms. The quantitative estimate of drug-likeness (QED) is 0.492. The highest BCUT2D eigenvalue weighted by Gasteiger charge is 2.15. The van der Waals surface area contributed by atoms with Gasteiger partial charge in [0.2, 0.25) is 5.89 Å². The van der Waals surface area contributed by atoms with E-state index in [0.29, 0.717) is 36.1 Å². The molecule has 146 valence electrons. The molecule has 1 heterocycles. The predicted octanol–water partition coefficient (Wildman–Crippen LogP) is 4.83. The normalized spacial score (nSPS) is 10.5. The summed E-state index contributed by atoms with van der Waals surface area (Å²) < 4.78 is 28.9. The first-order valence-electron chi connectivity index (χ1n) is 8.82. The largest absolute Gasteiger partial charge is 0.493 e. The van der Waals surface area contributed by atoms with E-state index in [1.165, 1.54) is 18.4 Å². The lowest BCUT2D eigenvalue weighted by Crippen LogP contribution is -2.03. The summed E-state index contributed by atoms with van der Waals surface area (Å²) in [6.07, 6.45) is 2.02. The molecule has 1 aromatic heterocycles. The van der Waals surface area contributed by atoms with Crippen molar-refractivity contribution in [1.82, 2.24) is 4.98 Å². The fraction of sp³-hybridized carbons (Fsp3) is 0.238. The number of Topliss-reactive ketones (excluding diaryl/α,β-unsaturated/α-hetero) is 1. The predicted molar refractivity (Wildman–Crippen MR) is 100 cm³/mol. The second kappa shape index (κ2) is 9.03. The Labute approximate surface area is 161 Å². The van der Waals surface area contributed by atoms with E-state index in [-0.39, 0.29) is 23.5 Å². The number of ketones is 1. The molecule has 6 nitrogen and oxygen atoms in total. The third-order valence-corrected chi connectivity index (χ3v) is 4.14. The number of benzene rings is 2. The number of carbonyl (C=O) groups excluding carboxylic acids is 1. The molecule has 0 amide bonds. The minimum atomic E-state index is -0.235. The molecule has 0 saturated carbocycles. The van der Waals surface area contributed by atoms with Gasteiger partial charge in [-0.05, 0) is 37.3 Å². The number of aryl methyl sites for hydroxylation is 1. The smallest absolute Gasteiger partial charge is 0.226 e. The van der Waals surface area contributed by atoms with E-state index in [2.05, 4.69) is 9.93 Å². The SMILES string of the molecule is CCOc1cc(-c2nc(CCC(=O)c3ccccc3OF)co2)ccc1OC. The number of ether oxygens (including phenoxy) is 2. The van der Waals surface area contributed by atoms with E-state index in [1.54, 1.807) is 31.4 Å². The zero-order valence-corrected chi connectivity index (χ0v) is 15.6. The Morgan fingerprint density at radius 2 is 1.96 bits per heavy atom. The molecule has 0 atom stereocenters. The van der Waals surface area contributed by atoms with Gasteiger partial charge in [0, 0.05) is 22.9 Å². The van der Waals surface area contributed by atoms with Crippen LogP contribution in [0, 0.1) is 0 Å². The maximum Gasteiger partial charge on any atom is 0.226 e. The number of rotatable bonds is 9. The van der Waals surface area contributed by atoms with Crippen LogP contribution in [-0.2, 0) is 6.42 Å². The van der Waals surface area contributed by atoms with E-state index in [0.717, 1.165) is 5.56 Å². The van der Waals surface area contributed by atoms with Gasteiger partial charge in [0.25, 0.3) is 0 Å². The van der Waals surface area contributed by atoms with Crippen molar-refractivity contribution in [3.8, 4) is 28.7 Å². The van der Waals surface area contributed by atoms with Gasteiger partial charge in [0.05, 0.1) is 25.0 Å². The Bertz CT molecular complexity index is 953. The van der Waals surface area contributed by atoms with Crippen LogP contribution in [0.25, 0.3) is 11.5 Å². The Hall–Kier alpha value is -3.35. The second-order valence-corrected chi connectivity index (χ2v) is 5.94. The molecule has 0 unspecified atom stereocenters. The number of para-hydroxylation sites is 1. The number of halogens is 1. The molecule has 0 aliphatic carbocycles. The minimum Gasteiger partial charge on any atom is -0.493 e. The summed E-state index contributed by atoms with van der Waals surface area (Å²) in [6.45, 7) is 2.39. The van der Waals surface area contributed by atoms with Gasteiger partial charge in [-0.15, -0.1) is 0 Å². The maximum atomic E-state index is 12.5. The summed E-state index contributed by atoms with van der Waals surface area (Å²) in [4.78, 5) is 20.5. The Balaban J connectivity index is 1.71. The highest BCUT2D eigenvalue weighted by Crippen LogP contribution is 2.32. The standard InChI is InChI=1S/C21H20FNO5/c1-3-26-20-12-14(8-11-19(20)25-2)21-23-15(13-27-21)9-10-17(24)16-6-4-5-7-18(16)28-22/h4-8,11-13H,3,9-10H2,1-2H3. The Morgan fingerprint density at radius 1 is 1.14 bits per heavy atom. The van der Waals surface area contributed by atoms with Gasteiger partial charge in [0.15, 0.2) is 23.0 Å². The lowest BCUT2D eigenvalue weighted by atomic mass is 10.0. The highest BCUT2D eigenvalue weighted by atomic mass is 19.3. The van der Waals surface area contributed by atoms with E-state index < -0.39 is 0 Å². The Morgan fingerprint density at radius 3 is 2.71 bits per heavy atom. The van der Waals surface area contributed by atoms with Gasteiger partial charge in [-0.25, -0.2) is 4.98 Å². The van der Waals surface area contributed by atoms with Crippen molar-refractivity contribution >= 4 is 5.78 Å². The molecule has 2 aromatic carbocycles. The molecule has 0 fully saturated rings.